The number of aliphatic hydroxyl groups excluding tert-OH is 1. The molecule has 5 nitrogen and oxygen atoms in total. The smallest absolute Gasteiger partial charge is 0.258 e. The van der Waals surface area contributed by atoms with Crippen molar-refractivity contribution in [3.63, 3.8) is 0 Å². The van der Waals surface area contributed by atoms with E-state index >= 15 is 0 Å². The molecule has 2 aromatic heterocycles. The third kappa shape index (κ3) is 1.94. The van der Waals surface area contributed by atoms with Crippen molar-refractivity contribution in [2.75, 3.05) is 7.11 Å². The number of ether oxygens (including phenoxy) is 1. The van der Waals surface area contributed by atoms with Crippen molar-refractivity contribution in [2.24, 2.45) is 0 Å². The minimum Gasteiger partial charge on any atom is -0.478 e. The minimum absolute atomic E-state index is 0.0233. The minimum atomic E-state index is 0.0233. The zero-order valence-electron chi connectivity index (χ0n) is 10.4. The Morgan fingerprint density at radius 1 is 1.32 bits per heavy atom. The number of methoxy groups -OCH3 is 1. The summed E-state index contributed by atoms with van der Waals surface area (Å²) in [5.41, 5.74) is 3.47. The zero-order valence-corrected chi connectivity index (χ0v) is 10.4. The standard InChI is InChI=1S/C14H13N3O2/c1-19-14-13-16-8-12(17(13)6-5-15-14)11-4-2-3-10(7-11)9-18/h2-8,18H,9H2,1H3. The van der Waals surface area contributed by atoms with Crippen molar-refractivity contribution < 1.29 is 9.84 Å². The van der Waals surface area contributed by atoms with Crippen LogP contribution in [0.1, 0.15) is 5.56 Å². The quantitative estimate of drug-likeness (QED) is 0.776. The first kappa shape index (κ1) is 11.7. The van der Waals surface area contributed by atoms with Crippen molar-refractivity contribution >= 4 is 5.65 Å². The molecule has 5 heteroatoms. The summed E-state index contributed by atoms with van der Waals surface area (Å²) in [5.74, 6) is 0.493. The Morgan fingerprint density at radius 2 is 2.21 bits per heavy atom. The Bertz CT molecular complexity index is 722. The van der Waals surface area contributed by atoms with E-state index in [2.05, 4.69) is 9.97 Å². The van der Waals surface area contributed by atoms with Gasteiger partial charge >= 0.3 is 0 Å². The number of aliphatic hydroxyl groups is 1. The molecular weight excluding hydrogens is 242 g/mol. The van der Waals surface area contributed by atoms with Crippen molar-refractivity contribution in [1.29, 1.82) is 0 Å². The SMILES string of the molecule is COc1nccn2c(-c3cccc(CO)c3)cnc12. The number of aromatic nitrogens is 3. The lowest BCUT2D eigenvalue weighted by molar-refractivity contribution is 0.282. The van der Waals surface area contributed by atoms with E-state index in [0.29, 0.717) is 11.5 Å². The van der Waals surface area contributed by atoms with Crippen molar-refractivity contribution in [3.8, 4) is 17.1 Å². The summed E-state index contributed by atoms with van der Waals surface area (Å²) < 4.78 is 7.11. The van der Waals surface area contributed by atoms with Gasteiger partial charge in [0.05, 0.1) is 25.6 Å². The van der Waals surface area contributed by atoms with Crippen LogP contribution in [0.15, 0.2) is 42.9 Å². The van der Waals surface area contributed by atoms with Crippen molar-refractivity contribution in [1.82, 2.24) is 14.4 Å². The summed E-state index contributed by atoms with van der Waals surface area (Å²) in [6, 6.07) is 7.72. The van der Waals surface area contributed by atoms with E-state index in [1.54, 1.807) is 19.5 Å². The van der Waals surface area contributed by atoms with E-state index in [4.69, 9.17) is 4.74 Å². The maximum absolute atomic E-state index is 9.20. The normalized spacial score (nSPS) is 10.8. The van der Waals surface area contributed by atoms with Crippen LogP contribution in [0.25, 0.3) is 16.9 Å². The van der Waals surface area contributed by atoms with Gasteiger partial charge in [0.2, 0.25) is 5.65 Å². The van der Waals surface area contributed by atoms with Crippen LogP contribution in [0.5, 0.6) is 5.88 Å². The third-order valence-electron chi connectivity index (χ3n) is 2.99. The van der Waals surface area contributed by atoms with Crippen LogP contribution in [-0.2, 0) is 6.61 Å². The van der Waals surface area contributed by atoms with Gasteiger partial charge in [0, 0.05) is 18.0 Å². The highest BCUT2D eigenvalue weighted by Gasteiger charge is 2.10. The monoisotopic (exact) mass is 255 g/mol. The lowest BCUT2D eigenvalue weighted by Crippen LogP contribution is -1.95. The molecule has 19 heavy (non-hydrogen) atoms. The molecule has 0 bridgehead atoms. The number of fused-ring (bicyclic) bond motifs is 1. The third-order valence-corrected chi connectivity index (χ3v) is 2.99. The van der Waals surface area contributed by atoms with Gasteiger partial charge in [-0.1, -0.05) is 18.2 Å². The van der Waals surface area contributed by atoms with Crippen molar-refractivity contribution in [2.45, 2.75) is 6.61 Å². The molecule has 0 aliphatic rings. The Hall–Kier alpha value is -2.40. The van der Waals surface area contributed by atoms with E-state index in [0.717, 1.165) is 16.8 Å². The molecule has 0 saturated carbocycles. The predicted molar refractivity (Wildman–Crippen MR) is 70.9 cm³/mol. The molecule has 0 unspecified atom stereocenters. The molecule has 1 N–H and O–H groups in total. The maximum Gasteiger partial charge on any atom is 0.258 e. The second kappa shape index (κ2) is 4.70. The molecule has 0 atom stereocenters. The van der Waals surface area contributed by atoms with Crippen LogP contribution in [0, 0.1) is 0 Å². The van der Waals surface area contributed by atoms with Gasteiger partial charge < -0.3 is 9.84 Å². The predicted octanol–water partition coefficient (Wildman–Crippen LogP) is 1.90. The summed E-state index contributed by atoms with van der Waals surface area (Å²) >= 11 is 0. The van der Waals surface area contributed by atoms with Gasteiger partial charge in [0.1, 0.15) is 0 Å². The number of rotatable bonds is 3. The number of imidazole rings is 1. The fourth-order valence-electron chi connectivity index (χ4n) is 2.08. The molecule has 0 radical (unpaired) electrons. The fourth-order valence-corrected chi connectivity index (χ4v) is 2.08. The molecule has 0 saturated heterocycles. The largest absolute Gasteiger partial charge is 0.478 e. The van der Waals surface area contributed by atoms with E-state index in [1.807, 2.05) is 34.9 Å². The van der Waals surface area contributed by atoms with Crippen molar-refractivity contribution in [3.05, 3.63) is 48.4 Å². The van der Waals surface area contributed by atoms with Crippen LogP contribution in [-0.4, -0.2) is 26.6 Å². The first-order chi connectivity index (χ1) is 9.33. The number of benzene rings is 1. The Balaban J connectivity index is 2.20. The Morgan fingerprint density at radius 3 is 3.00 bits per heavy atom. The average Bonchev–Trinajstić information content (AvgIpc) is 2.91. The van der Waals surface area contributed by atoms with Crippen LogP contribution in [0.3, 0.4) is 0 Å². The number of nitrogens with zero attached hydrogens (tertiary/aromatic N) is 3. The van der Waals surface area contributed by atoms with Crippen LogP contribution < -0.4 is 4.74 Å². The topological polar surface area (TPSA) is 59.7 Å². The van der Waals surface area contributed by atoms with E-state index in [1.165, 1.54) is 0 Å². The molecule has 0 spiro atoms. The van der Waals surface area contributed by atoms with Gasteiger partial charge in [-0.3, -0.25) is 4.40 Å². The Kier molecular flexibility index (Phi) is 2.89. The highest BCUT2D eigenvalue weighted by atomic mass is 16.5. The van der Waals surface area contributed by atoms with Gasteiger partial charge in [-0.15, -0.1) is 0 Å². The van der Waals surface area contributed by atoms with Gasteiger partial charge in [0.25, 0.3) is 5.88 Å². The molecule has 96 valence electrons. The summed E-state index contributed by atoms with van der Waals surface area (Å²) in [4.78, 5) is 8.45. The molecule has 0 aliphatic carbocycles. The molecule has 3 aromatic rings. The summed E-state index contributed by atoms with van der Waals surface area (Å²) in [7, 11) is 1.57. The van der Waals surface area contributed by atoms with Gasteiger partial charge in [-0.25, -0.2) is 9.97 Å². The number of hydrogen-bond acceptors (Lipinski definition) is 4. The highest BCUT2D eigenvalue weighted by molar-refractivity contribution is 5.66. The summed E-state index contributed by atoms with van der Waals surface area (Å²) in [6.45, 7) is 0.0233. The van der Waals surface area contributed by atoms with E-state index in [9.17, 15) is 5.11 Å². The van der Waals surface area contributed by atoms with Gasteiger partial charge in [-0.05, 0) is 11.6 Å². The maximum atomic E-state index is 9.20. The average molecular weight is 255 g/mol. The molecular formula is C14H13N3O2. The first-order valence-electron chi connectivity index (χ1n) is 5.89. The summed E-state index contributed by atoms with van der Waals surface area (Å²) in [5, 5.41) is 9.20. The number of hydrogen-bond donors (Lipinski definition) is 1. The highest BCUT2D eigenvalue weighted by Crippen LogP contribution is 2.24. The van der Waals surface area contributed by atoms with Gasteiger partial charge in [-0.2, -0.15) is 0 Å². The van der Waals surface area contributed by atoms with E-state index in [-0.39, 0.29) is 6.61 Å². The van der Waals surface area contributed by atoms with E-state index < -0.39 is 0 Å². The second-order valence-corrected chi connectivity index (χ2v) is 4.13. The molecule has 0 amide bonds. The molecule has 1 aromatic carbocycles. The molecule has 2 heterocycles. The van der Waals surface area contributed by atoms with Crippen LogP contribution in [0.4, 0.5) is 0 Å². The van der Waals surface area contributed by atoms with Crippen LogP contribution in [0.2, 0.25) is 0 Å². The summed E-state index contributed by atoms with van der Waals surface area (Å²) in [6.07, 6.45) is 5.29. The first-order valence-corrected chi connectivity index (χ1v) is 5.89. The lowest BCUT2D eigenvalue weighted by Gasteiger charge is -2.05. The zero-order chi connectivity index (χ0) is 13.2. The second-order valence-electron chi connectivity index (χ2n) is 4.13. The molecule has 0 fully saturated rings. The van der Waals surface area contributed by atoms with Crippen LogP contribution >= 0.6 is 0 Å². The Labute approximate surface area is 110 Å². The lowest BCUT2D eigenvalue weighted by atomic mass is 10.1. The molecule has 3 rings (SSSR count). The fraction of sp³-hybridized carbons (Fsp3) is 0.143. The van der Waals surface area contributed by atoms with Gasteiger partial charge in [0.15, 0.2) is 0 Å². The molecule has 0 aliphatic heterocycles.